The first-order valence-electron chi connectivity index (χ1n) is 7.06. The van der Waals surface area contributed by atoms with Crippen LogP contribution in [0.25, 0.3) is 0 Å². The van der Waals surface area contributed by atoms with Crippen LogP contribution in [0.5, 0.6) is 5.75 Å². The predicted molar refractivity (Wildman–Crippen MR) is 81.0 cm³/mol. The van der Waals surface area contributed by atoms with Crippen LogP contribution in [-0.2, 0) is 0 Å². The number of hydrogen-bond acceptors (Lipinski definition) is 3. The second-order valence-corrected chi connectivity index (χ2v) is 5.33. The highest BCUT2D eigenvalue weighted by atomic mass is 16.5. The summed E-state index contributed by atoms with van der Waals surface area (Å²) in [6.07, 6.45) is 2.23. The molecule has 0 aliphatic rings. The molecule has 1 heterocycles. The molecule has 2 unspecified atom stereocenters. The van der Waals surface area contributed by atoms with Crippen molar-refractivity contribution in [1.82, 2.24) is 0 Å². The van der Waals surface area contributed by atoms with Crippen LogP contribution in [0.4, 0.5) is 0 Å². The first kappa shape index (κ1) is 14.7. The number of ether oxygens (including phenoxy) is 1. The Balaban J connectivity index is 2.33. The summed E-state index contributed by atoms with van der Waals surface area (Å²) in [5.41, 5.74) is 9.76. The lowest BCUT2D eigenvalue weighted by Crippen LogP contribution is -2.31. The minimum absolute atomic E-state index is 0.0960. The van der Waals surface area contributed by atoms with Crippen molar-refractivity contribution < 1.29 is 9.15 Å². The van der Waals surface area contributed by atoms with Crippen molar-refractivity contribution in [2.75, 3.05) is 0 Å². The summed E-state index contributed by atoms with van der Waals surface area (Å²) in [7, 11) is 0. The average molecular weight is 273 g/mol. The van der Waals surface area contributed by atoms with Crippen LogP contribution >= 0.6 is 0 Å². The van der Waals surface area contributed by atoms with E-state index in [1.54, 1.807) is 6.26 Å². The predicted octanol–water partition coefficient (Wildman–Crippen LogP) is 4.06. The number of nitrogens with two attached hydrogens (primary N) is 1. The second-order valence-electron chi connectivity index (χ2n) is 5.33. The van der Waals surface area contributed by atoms with Gasteiger partial charge in [-0.05, 0) is 62.1 Å². The Kier molecular flexibility index (Phi) is 4.50. The highest BCUT2D eigenvalue weighted by Crippen LogP contribution is 2.30. The normalized spacial score (nSPS) is 14.1. The Morgan fingerprint density at radius 3 is 2.60 bits per heavy atom. The highest BCUT2D eigenvalue weighted by molar-refractivity contribution is 5.42. The van der Waals surface area contributed by atoms with Gasteiger partial charge in [-0.15, -0.1) is 0 Å². The van der Waals surface area contributed by atoms with E-state index >= 15 is 0 Å². The van der Waals surface area contributed by atoms with E-state index in [4.69, 9.17) is 14.9 Å². The van der Waals surface area contributed by atoms with Gasteiger partial charge in [-0.1, -0.05) is 13.0 Å². The smallest absolute Gasteiger partial charge is 0.171 e. The number of furan rings is 1. The molecule has 0 saturated heterocycles. The van der Waals surface area contributed by atoms with Crippen molar-refractivity contribution in [2.24, 2.45) is 5.73 Å². The SMILES string of the molecule is CCC(N)C(Oc1cc(C)cc(C)c1C)c1ccco1. The Morgan fingerprint density at radius 2 is 2.00 bits per heavy atom. The third-order valence-corrected chi connectivity index (χ3v) is 3.70. The largest absolute Gasteiger partial charge is 0.481 e. The number of benzene rings is 1. The number of hydrogen-bond donors (Lipinski definition) is 1. The van der Waals surface area contributed by atoms with Crippen LogP contribution in [-0.4, -0.2) is 6.04 Å². The molecule has 2 atom stereocenters. The molecule has 0 fully saturated rings. The van der Waals surface area contributed by atoms with Crippen molar-refractivity contribution in [2.45, 2.75) is 46.3 Å². The summed E-state index contributed by atoms with van der Waals surface area (Å²) in [4.78, 5) is 0. The van der Waals surface area contributed by atoms with Crippen molar-refractivity contribution in [1.29, 1.82) is 0 Å². The Morgan fingerprint density at radius 1 is 1.25 bits per heavy atom. The molecule has 0 aliphatic heterocycles. The molecule has 0 spiro atoms. The van der Waals surface area contributed by atoms with E-state index in [0.717, 1.165) is 23.5 Å². The summed E-state index contributed by atoms with van der Waals surface area (Å²) in [6, 6.07) is 7.90. The minimum atomic E-state index is -0.255. The van der Waals surface area contributed by atoms with E-state index in [9.17, 15) is 0 Å². The van der Waals surface area contributed by atoms with Gasteiger partial charge in [0.1, 0.15) is 11.5 Å². The van der Waals surface area contributed by atoms with Crippen LogP contribution in [0.2, 0.25) is 0 Å². The monoisotopic (exact) mass is 273 g/mol. The van der Waals surface area contributed by atoms with Gasteiger partial charge in [-0.3, -0.25) is 0 Å². The summed E-state index contributed by atoms with van der Waals surface area (Å²) >= 11 is 0. The molecule has 0 aliphatic carbocycles. The Bertz CT molecular complexity index is 561. The van der Waals surface area contributed by atoms with Gasteiger partial charge >= 0.3 is 0 Å². The Hall–Kier alpha value is -1.74. The van der Waals surface area contributed by atoms with Gasteiger partial charge < -0.3 is 14.9 Å². The molecule has 0 amide bonds. The van der Waals surface area contributed by atoms with Gasteiger partial charge in [0, 0.05) is 6.04 Å². The molecule has 2 rings (SSSR count). The van der Waals surface area contributed by atoms with E-state index in [-0.39, 0.29) is 12.1 Å². The van der Waals surface area contributed by atoms with Gasteiger partial charge in [0.15, 0.2) is 6.10 Å². The number of rotatable bonds is 5. The molecule has 2 N–H and O–H groups in total. The van der Waals surface area contributed by atoms with Gasteiger partial charge in [0.2, 0.25) is 0 Å². The van der Waals surface area contributed by atoms with E-state index in [1.807, 2.05) is 12.1 Å². The zero-order chi connectivity index (χ0) is 14.7. The van der Waals surface area contributed by atoms with Gasteiger partial charge in [0.25, 0.3) is 0 Å². The van der Waals surface area contributed by atoms with Crippen molar-refractivity contribution in [3.05, 3.63) is 53.0 Å². The van der Waals surface area contributed by atoms with Gasteiger partial charge in [-0.2, -0.15) is 0 Å². The topological polar surface area (TPSA) is 48.4 Å². The number of aryl methyl sites for hydroxylation is 2. The molecule has 3 heteroatoms. The average Bonchev–Trinajstić information content (AvgIpc) is 2.94. The van der Waals surface area contributed by atoms with E-state index in [2.05, 4.69) is 39.8 Å². The molecule has 0 saturated carbocycles. The fraction of sp³-hybridized carbons (Fsp3) is 0.412. The van der Waals surface area contributed by atoms with Gasteiger partial charge in [0.05, 0.1) is 6.26 Å². The maximum absolute atomic E-state index is 6.20. The molecular weight excluding hydrogens is 250 g/mol. The third-order valence-electron chi connectivity index (χ3n) is 3.70. The first-order chi connectivity index (χ1) is 9.52. The minimum Gasteiger partial charge on any atom is -0.481 e. The van der Waals surface area contributed by atoms with Crippen LogP contribution in [0.15, 0.2) is 34.9 Å². The highest BCUT2D eigenvalue weighted by Gasteiger charge is 2.24. The van der Waals surface area contributed by atoms with E-state index in [1.165, 1.54) is 11.1 Å². The fourth-order valence-corrected chi connectivity index (χ4v) is 2.28. The lowest BCUT2D eigenvalue weighted by atomic mass is 10.0. The summed E-state index contributed by atoms with van der Waals surface area (Å²) < 4.78 is 11.7. The molecule has 0 bridgehead atoms. The lowest BCUT2D eigenvalue weighted by molar-refractivity contribution is 0.143. The van der Waals surface area contributed by atoms with E-state index in [0.29, 0.717) is 0 Å². The second kappa shape index (κ2) is 6.14. The molecule has 2 aromatic rings. The van der Waals surface area contributed by atoms with Crippen LogP contribution < -0.4 is 10.5 Å². The van der Waals surface area contributed by atoms with Crippen molar-refractivity contribution in [3.8, 4) is 5.75 Å². The maximum Gasteiger partial charge on any atom is 0.171 e. The first-order valence-corrected chi connectivity index (χ1v) is 7.06. The van der Waals surface area contributed by atoms with Crippen LogP contribution in [0.3, 0.4) is 0 Å². The lowest BCUT2D eigenvalue weighted by Gasteiger charge is -2.24. The van der Waals surface area contributed by atoms with Crippen LogP contribution in [0.1, 0.15) is 41.9 Å². The summed E-state index contributed by atoms with van der Waals surface area (Å²) in [6.45, 7) is 8.29. The van der Waals surface area contributed by atoms with Crippen LogP contribution in [0, 0.1) is 20.8 Å². The molecule has 108 valence electrons. The molecule has 1 aromatic heterocycles. The Labute approximate surface area is 120 Å². The maximum atomic E-state index is 6.20. The fourth-order valence-electron chi connectivity index (χ4n) is 2.28. The van der Waals surface area contributed by atoms with Crippen molar-refractivity contribution >= 4 is 0 Å². The zero-order valence-electron chi connectivity index (χ0n) is 12.6. The standard InChI is InChI=1S/C17H23NO2/c1-5-14(18)17(15-7-6-8-19-15)20-16-10-11(2)9-12(3)13(16)4/h6-10,14,17H,5,18H2,1-4H3. The van der Waals surface area contributed by atoms with Crippen molar-refractivity contribution in [3.63, 3.8) is 0 Å². The summed E-state index contributed by atoms with van der Waals surface area (Å²) in [5.74, 6) is 1.66. The summed E-state index contributed by atoms with van der Waals surface area (Å²) in [5, 5.41) is 0. The molecule has 20 heavy (non-hydrogen) atoms. The third kappa shape index (κ3) is 3.05. The zero-order valence-corrected chi connectivity index (χ0v) is 12.6. The van der Waals surface area contributed by atoms with E-state index < -0.39 is 0 Å². The molecule has 3 nitrogen and oxygen atoms in total. The molecule has 0 radical (unpaired) electrons. The molecular formula is C17H23NO2. The quantitative estimate of drug-likeness (QED) is 0.893. The molecule has 1 aromatic carbocycles. The van der Waals surface area contributed by atoms with Gasteiger partial charge in [-0.25, -0.2) is 0 Å².